The van der Waals surface area contributed by atoms with Crippen molar-refractivity contribution in [3.05, 3.63) is 101 Å². The number of carbonyl (C=O) groups is 3. The van der Waals surface area contributed by atoms with Gasteiger partial charge in [-0.15, -0.1) is 0 Å². The van der Waals surface area contributed by atoms with Gasteiger partial charge in [0.1, 0.15) is 29.5 Å². The van der Waals surface area contributed by atoms with Crippen molar-refractivity contribution in [2.45, 2.75) is 38.4 Å². The van der Waals surface area contributed by atoms with Crippen LogP contribution in [-0.4, -0.2) is 36.9 Å². The van der Waals surface area contributed by atoms with Crippen molar-refractivity contribution in [2.24, 2.45) is 0 Å². The van der Waals surface area contributed by atoms with Gasteiger partial charge in [-0.1, -0.05) is 42.5 Å². The van der Waals surface area contributed by atoms with Crippen LogP contribution in [0.15, 0.2) is 72.8 Å². The molecule has 0 saturated carbocycles. The molecule has 0 saturated heterocycles. The molecule has 0 aliphatic rings. The van der Waals surface area contributed by atoms with Gasteiger partial charge < -0.3 is 20.7 Å². The van der Waals surface area contributed by atoms with Gasteiger partial charge in [0.15, 0.2) is 0 Å². The lowest BCUT2D eigenvalue weighted by molar-refractivity contribution is -0.131. The fourth-order valence-electron chi connectivity index (χ4n) is 3.71. The highest BCUT2D eigenvalue weighted by Gasteiger charge is 2.25. The fourth-order valence-corrected chi connectivity index (χ4v) is 3.71. The molecule has 0 radical (unpaired) electrons. The second kappa shape index (κ2) is 13.2. The Morgan fingerprint density at radius 1 is 0.811 bits per heavy atom. The van der Waals surface area contributed by atoms with E-state index in [-0.39, 0.29) is 24.9 Å². The molecule has 3 N–H and O–H groups in total. The zero-order valence-corrected chi connectivity index (χ0v) is 20.6. The number of halogens is 2. The van der Waals surface area contributed by atoms with E-state index in [2.05, 4.69) is 16.0 Å². The maximum absolute atomic E-state index is 13.4. The van der Waals surface area contributed by atoms with Gasteiger partial charge in [0.2, 0.25) is 17.7 Å². The van der Waals surface area contributed by atoms with E-state index in [9.17, 15) is 23.2 Å². The lowest BCUT2D eigenvalue weighted by Gasteiger charge is -2.21. The Bertz CT molecular complexity index is 1220. The number of nitrogens with one attached hydrogen (secondary N) is 3. The number of carbonyl (C=O) groups excluding carboxylic acids is 3. The molecule has 2 atom stereocenters. The predicted octanol–water partition coefficient (Wildman–Crippen LogP) is 3.06. The third-order valence-electron chi connectivity index (χ3n) is 5.57. The maximum Gasteiger partial charge on any atom is 0.243 e. The van der Waals surface area contributed by atoms with E-state index in [0.29, 0.717) is 11.8 Å². The molecule has 3 aromatic carbocycles. The Kier molecular flexibility index (Phi) is 9.71. The molecular weight excluding hydrogens is 480 g/mol. The topological polar surface area (TPSA) is 96.5 Å². The van der Waals surface area contributed by atoms with E-state index in [1.54, 1.807) is 19.2 Å². The van der Waals surface area contributed by atoms with Crippen molar-refractivity contribution in [1.82, 2.24) is 16.0 Å². The second-order valence-electron chi connectivity index (χ2n) is 8.56. The van der Waals surface area contributed by atoms with Crippen LogP contribution >= 0.6 is 0 Å². The maximum atomic E-state index is 13.4. The van der Waals surface area contributed by atoms with Gasteiger partial charge >= 0.3 is 0 Å². The molecule has 0 heterocycles. The molecule has 0 bridgehead atoms. The normalized spacial score (nSPS) is 12.2. The fraction of sp³-hybridized carbons (Fsp3) is 0.250. The Morgan fingerprint density at radius 2 is 1.49 bits per heavy atom. The van der Waals surface area contributed by atoms with Gasteiger partial charge in [-0.3, -0.25) is 14.4 Å². The second-order valence-corrected chi connectivity index (χ2v) is 8.56. The quantitative estimate of drug-likeness (QED) is 0.370. The van der Waals surface area contributed by atoms with Crippen molar-refractivity contribution in [3.8, 4) is 5.75 Å². The highest BCUT2D eigenvalue weighted by Crippen LogP contribution is 2.13. The van der Waals surface area contributed by atoms with Crippen LogP contribution in [0.4, 0.5) is 8.78 Å². The minimum Gasteiger partial charge on any atom is -0.497 e. The number of benzene rings is 3. The summed E-state index contributed by atoms with van der Waals surface area (Å²) >= 11 is 0. The standard InChI is InChI=1S/C28H29F2N3O4/c1-18(32-26(34)15-21-11-22(29)16-23(30)12-21)27(35)33-25(14-19-7-4-3-5-8-19)28(36)31-17-20-9-6-10-24(13-20)37-2/h3-13,16,18,25H,14-15,17H2,1-2H3,(H,31,36)(H,32,34)(H,33,35)/t18-,25-/m0/s1. The van der Waals surface area contributed by atoms with Crippen molar-refractivity contribution >= 4 is 17.7 Å². The molecule has 9 heteroatoms. The molecule has 0 aliphatic carbocycles. The highest BCUT2D eigenvalue weighted by molar-refractivity contribution is 5.92. The number of rotatable bonds is 11. The highest BCUT2D eigenvalue weighted by atomic mass is 19.1. The lowest BCUT2D eigenvalue weighted by Crippen LogP contribution is -2.53. The van der Waals surface area contributed by atoms with Crippen molar-refractivity contribution in [2.75, 3.05) is 7.11 Å². The zero-order valence-electron chi connectivity index (χ0n) is 20.6. The Morgan fingerprint density at radius 3 is 2.16 bits per heavy atom. The summed E-state index contributed by atoms with van der Waals surface area (Å²) in [5.74, 6) is -2.49. The van der Waals surface area contributed by atoms with Crippen LogP contribution in [0.2, 0.25) is 0 Å². The van der Waals surface area contributed by atoms with Gasteiger partial charge in [-0.05, 0) is 47.9 Å². The van der Waals surface area contributed by atoms with E-state index in [0.717, 1.165) is 23.3 Å². The van der Waals surface area contributed by atoms with E-state index >= 15 is 0 Å². The molecule has 3 amide bonds. The summed E-state index contributed by atoms with van der Waals surface area (Å²) in [6.45, 7) is 1.70. The molecule has 0 unspecified atom stereocenters. The van der Waals surface area contributed by atoms with Crippen molar-refractivity contribution in [1.29, 1.82) is 0 Å². The Hall–Kier alpha value is -4.27. The third-order valence-corrected chi connectivity index (χ3v) is 5.57. The van der Waals surface area contributed by atoms with Crippen LogP contribution in [0.1, 0.15) is 23.6 Å². The molecule has 37 heavy (non-hydrogen) atoms. The average Bonchev–Trinajstić information content (AvgIpc) is 2.86. The average molecular weight is 510 g/mol. The lowest BCUT2D eigenvalue weighted by atomic mass is 10.0. The molecule has 194 valence electrons. The molecule has 0 aromatic heterocycles. The number of methoxy groups -OCH3 is 1. The Labute approximate surface area is 214 Å². The summed E-state index contributed by atoms with van der Waals surface area (Å²) in [6, 6.07) is 17.4. The molecule has 3 aromatic rings. The minimum atomic E-state index is -0.990. The molecule has 0 spiro atoms. The SMILES string of the molecule is COc1cccc(CNC(=O)[C@H](Cc2ccccc2)NC(=O)[C@H](C)NC(=O)Cc2cc(F)cc(F)c2)c1. The third kappa shape index (κ3) is 8.71. The van der Waals surface area contributed by atoms with Crippen LogP contribution in [0.5, 0.6) is 5.75 Å². The summed E-state index contributed by atoms with van der Waals surface area (Å²) in [5.41, 5.74) is 1.81. The molecular formula is C28H29F2N3O4. The largest absolute Gasteiger partial charge is 0.497 e. The minimum absolute atomic E-state index is 0.140. The number of hydrogen-bond acceptors (Lipinski definition) is 4. The van der Waals surface area contributed by atoms with Crippen LogP contribution in [0, 0.1) is 11.6 Å². The van der Waals surface area contributed by atoms with Crippen LogP contribution in [0.3, 0.4) is 0 Å². The van der Waals surface area contributed by atoms with Crippen LogP contribution < -0.4 is 20.7 Å². The molecule has 0 aliphatic heterocycles. The van der Waals surface area contributed by atoms with Gasteiger partial charge in [-0.2, -0.15) is 0 Å². The first-order chi connectivity index (χ1) is 17.7. The van der Waals surface area contributed by atoms with Gasteiger partial charge in [0.25, 0.3) is 0 Å². The first kappa shape index (κ1) is 27.3. The van der Waals surface area contributed by atoms with Gasteiger partial charge in [0.05, 0.1) is 13.5 Å². The van der Waals surface area contributed by atoms with E-state index in [4.69, 9.17) is 4.74 Å². The molecule has 3 rings (SSSR count). The monoisotopic (exact) mass is 509 g/mol. The van der Waals surface area contributed by atoms with E-state index in [1.807, 2.05) is 42.5 Å². The first-order valence-corrected chi connectivity index (χ1v) is 11.7. The van der Waals surface area contributed by atoms with E-state index < -0.39 is 41.4 Å². The molecule has 7 nitrogen and oxygen atoms in total. The predicted molar refractivity (Wildman–Crippen MR) is 135 cm³/mol. The smallest absolute Gasteiger partial charge is 0.243 e. The number of ether oxygens (including phenoxy) is 1. The first-order valence-electron chi connectivity index (χ1n) is 11.7. The van der Waals surface area contributed by atoms with Crippen molar-refractivity contribution in [3.63, 3.8) is 0 Å². The number of amides is 3. The zero-order chi connectivity index (χ0) is 26.8. The summed E-state index contributed by atoms with van der Waals surface area (Å²) in [5, 5.41) is 8.04. The summed E-state index contributed by atoms with van der Waals surface area (Å²) in [4.78, 5) is 38.3. The molecule has 0 fully saturated rings. The van der Waals surface area contributed by atoms with E-state index in [1.165, 1.54) is 6.92 Å². The Balaban J connectivity index is 1.63. The number of hydrogen-bond donors (Lipinski definition) is 3. The van der Waals surface area contributed by atoms with Crippen LogP contribution in [0.25, 0.3) is 0 Å². The summed E-state index contributed by atoms with van der Waals surface area (Å²) in [6.07, 6.45) is -0.0689. The van der Waals surface area contributed by atoms with Crippen molar-refractivity contribution < 1.29 is 27.9 Å². The van der Waals surface area contributed by atoms with Crippen LogP contribution in [-0.2, 0) is 33.8 Å². The van der Waals surface area contributed by atoms with Gasteiger partial charge in [-0.25, -0.2) is 8.78 Å². The van der Waals surface area contributed by atoms with Gasteiger partial charge in [0, 0.05) is 19.0 Å². The summed E-state index contributed by atoms with van der Waals surface area (Å²) < 4.78 is 32.0. The summed E-state index contributed by atoms with van der Waals surface area (Å²) in [7, 11) is 1.56.